The molecule has 35 heavy (non-hydrogen) atoms. The fourth-order valence-corrected chi connectivity index (χ4v) is 4.49. The molecule has 0 spiro atoms. The van der Waals surface area contributed by atoms with Crippen LogP contribution in [0.2, 0.25) is 5.02 Å². The van der Waals surface area contributed by atoms with Crippen molar-refractivity contribution >= 4 is 45.8 Å². The van der Waals surface area contributed by atoms with Crippen LogP contribution in [0.3, 0.4) is 0 Å². The largest absolute Gasteiger partial charge is 0.497 e. The van der Waals surface area contributed by atoms with Crippen molar-refractivity contribution in [2.75, 3.05) is 43.5 Å². The molecule has 0 aliphatic carbocycles. The van der Waals surface area contributed by atoms with Crippen LogP contribution in [0.1, 0.15) is 20.9 Å². The first-order valence-corrected chi connectivity index (χ1v) is 11.7. The minimum absolute atomic E-state index is 0.112. The van der Waals surface area contributed by atoms with E-state index < -0.39 is 5.91 Å². The molecule has 5 rings (SSSR count). The number of methoxy groups -OCH3 is 1. The van der Waals surface area contributed by atoms with E-state index in [4.69, 9.17) is 20.8 Å². The van der Waals surface area contributed by atoms with Crippen LogP contribution in [-0.2, 0) is 0 Å². The second kappa shape index (κ2) is 9.72. The smallest absolute Gasteiger partial charge is 0.291 e. The lowest BCUT2D eigenvalue weighted by atomic mass is 10.1. The summed E-state index contributed by atoms with van der Waals surface area (Å²) in [7, 11) is 1.64. The first-order valence-electron chi connectivity index (χ1n) is 11.3. The molecular weight excluding hydrogens is 466 g/mol. The summed E-state index contributed by atoms with van der Waals surface area (Å²) in [5.74, 6) is 0.239. The second-order valence-electron chi connectivity index (χ2n) is 8.22. The van der Waals surface area contributed by atoms with Crippen molar-refractivity contribution in [1.29, 1.82) is 0 Å². The number of para-hydroxylation sites is 1. The van der Waals surface area contributed by atoms with Gasteiger partial charge in [-0.3, -0.25) is 9.59 Å². The van der Waals surface area contributed by atoms with Gasteiger partial charge in [-0.1, -0.05) is 41.9 Å². The summed E-state index contributed by atoms with van der Waals surface area (Å²) in [4.78, 5) is 30.5. The number of halogens is 1. The van der Waals surface area contributed by atoms with E-state index in [0.717, 1.165) is 11.4 Å². The van der Waals surface area contributed by atoms with Crippen LogP contribution in [0.25, 0.3) is 11.0 Å². The van der Waals surface area contributed by atoms with Crippen LogP contribution < -0.4 is 15.0 Å². The third-order valence-corrected chi connectivity index (χ3v) is 6.46. The van der Waals surface area contributed by atoms with Gasteiger partial charge < -0.3 is 24.3 Å². The Hall–Kier alpha value is -3.97. The lowest BCUT2D eigenvalue weighted by molar-refractivity contribution is 0.0718. The van der Waals surface area contributed by atoms with Crippen molar-refractivity contribution in [2.24, 2.45) is 0 Å². The molecule has 2 amide bonds. The highest BCUT2D eigenvalue weighted by atomic mass is 35.5. The molecule has 0 bridgehead atoms. The fraction of sp³-hybridized carbons (Fsp3) is 0.185. The number of carbonyl (C=O) groups is 2. The number of furan rings is 1. The minimum atomic E-state index is -0.404. The molecule has 0 atom stereocenters. The number of fused-ring (bicyclic) bond motifs is 1. The summed E-state index contributed by atoms with van der Waals surface area (Å²) < 4.78 is 11.3. The summed E-state index contributed by atoms with van der Waals surface area (Å²) in [5.41, 5.74) is 2.25. The highest BCUT2D eigenvalue weighted by Gasteiger charge is 2.29. The Labute approximate surface area is 207 Å². The van der Waals surface area contributed by atoms with E-state index in [1.807, 2.05) is 42.5 Å². The van der Waals surface area contributed by atoms with Gasteiger partial charge in [0.15, 0.2) is 0 Å². The summed E-state index contributed by atoms with van der Waals surface area (Å²) in [6, 6.07) is 21.9. The molecule has 1 saturated heterocycles. The minimum Gasteiger partial charge on any atom is -0.497 e. The monoisotopic (exact) mass is 489 g/mol. The van der Waals surface area contributed by atoms with Gasteiger partial charge in [0.1, 0.15) is 17.0 Å². The molecule has 7 nitrogen and oxygen atoms in total. The zero-order chi connectivity index (χ0) is 24.4. The average Bonchev–Trinajstić information content (AvgIpc) is 3.26. The number of ether oxygens (including phenoxy) is 1. The molecule has 0 saturated carbocycles. The van der Waals surface area contributed by atoms with Crippen LogP contribution in [0, 0.1) is 0 Å². The highest BCUT2D eigenvalue weighted by molar-refractivity contribution is 6.34. The molecule has 1 aromatic heterocycles. The zero-order valence-corrected chi connectivity index (χ0v) is 19.9. The molecule has 1 aliphatic rings. The van der Waals surface area contributed by atoms with E-state index in [0.29, 0.717) is 53.4 Å². The quantitative estimate of drug-likeness (QED) is 0.411. The number of anilines is 2. The van der Waals surface area contributed by atoms with Crippen molar-refractivity contribution in [3.8, 4) is 5.75 Å². The topological polar surface area (TPSA) is 75.0 Å². The SMILES string of the molecule is COc1cccc(N2CCN(C(=O)c3oc4ccccc4c3NC(=O)c3ccccc3Cl)CC2)c1. The maximum Gasteiger partial charge on any atom is 0.291 e. The fourth-order valence-electron chi connectivity index (χ4n) is 4.26. The first-order chi connectivity index (χ1) is 17.0. The van der Waals surface area contributed by atoms with Crippen molar-refractivity contribution in [2.45, 2.75) is 0 Å². The van der Waals surface area contributed by atoms with Crippen molar-refractivity contribution < 1.29 is 18.7 Å². The van der Waals surface area contributed by atoms with E-state index in [1.165, 1.54) is 0 Å². The number of amides is 2. The number of carbonyl (C=O) groups excluding carboxylic acids is 2. The molecule has 1 fully saturated rings. The van der Waals surface area contributed by atoms with Gasteiger partial charge in [0, 0.05) is 43.3 Å². The van der Waals surface area contributed by atoms with Crippen LogP contribution >= 0.6 is 11.6 Å². The molecule has 1 N–H and O–H groups in total. The van der Waals surface area contributed by atoms with E-state index in [1.54, 1.807) is 42.3 Å². The third-order valence-electron chi connectivity index (χ3n) is 6.13. The highest BCUT2D eigenvalue weighted by Crippen LogP contribution is 2.33. The number of rotatable bonds is 5. The molecule has 1 aliphatic heterocycles. The Morgan fingerprint density at radius 3 is 2.46 bits per heavy atom. The van der Waals surface area contributed by atoms with Crippen molar-refractivity contribution in [1.82, 2.24) is 4.90 Å². The summed E-state index contributed by atoms with van der Waals surface area (Å²) in [6.45, 7) is 2.37. The molecule has 0 radical (unpaired) electrons. The van der Waals surface area contributed by atoms with Gasteiger partial charge >= 0.3 is 0 Å². The van der Waals surface area contributed by atoms with Crippen LogP contribution in [-0.4, -0.2) is 50.0 Å². The summed E-state index contributed by atoms with van der Waals surface area (Å²) in [5, 5.41) is 3.86. The van der Waals surface area contributed by atoms with E-state index in [2.05, 4.69) is 10.2 Å². The molecule has 8 heteroatoms. The predicted octanol–water partition coefficient (Wildman–Crippen LogP) is 5.31. The van der Waals surface area contributed by atoms with Crippen molar-refractivity contribution in [3.63, 3.8) is 0 Å². The lowest BCUT2D eigenvalue weighted by Gasteiger charge is -2.36. The Bertz CT molecular complexity index is 1390. The average molecular weight is 490 g/mol. The molecule has 2 heterocycles. The second-order valence-corrected chi connectivity index (χ2v) is 8.62. The number of hydrogen-bond acceptors (Lipinski definition) is 5. The number of piperazine rings is 1. The maximum absolute atomic E-state index is 13.5. The van der Waals surface area contributed by atoms with Gasteiger partial charge in [-0.2, -0.15) is 0 Å². The van der Waals surface area contributed by atoms with Gasteiger partial charge in [0.25, 0.3) is 11.8 Å². The zero-order valence-electron chi connectivity index (χ0n) is 19.2. The molecule has 0 unspecified atom stereocenters. The summed E-state index contributed by atoms with van der Waals surface area (Å²) in [6.07, 6.45) is 0. The van der Waals surface area contributed by atoms with E-state index in [-0.39, 0.29) is 11.7 Å². The van der Waals surface area contributed by atoms with Gasteiger partial charge in [-0.15, -0.1) is 0 Å². The van der Waals surface area contributed by atoms with E-state index in [9.17, 15) is 9.59 Å². The van der Waals surface area contributed by atoms with Crippen LogP contribution in [0.4, 0.5) is 11.4 Å². The van der Waals surface area contributed by atoms with Crippen molar-refractivity contribution in [3.05, 3.63) is 89.1 Å². The first kappa shape index (κ1) is 22.8. The lowest BCUT2D eigenvalue weighted by Crippen LogP contribution is -2.48. The Morgan fingerprint density at radius 1 is 0.943 bits per heavy atom. The third kappa shape index (κ3) is 4.55. The number of benzene rings is 3. The maximum atomic E-state index is 13.5. The van der Waals surface area contributed by atoms with E-state index >= 15 is 0 Å². The Morgan fingerprint density at radius 2 is 1.69 bits per heavy atom. The van der Waals surface area contributed by atoms with Crippen LogP contribution in [0.5, 0.6) is 5.75 Å². The van der Waals surface area contributed by atoms with Gasteiger partial charge in [-0.25, -0.2) is 0 Å². The molecular formula is C27H24ClN3O4. The Balaban J connectivity index is 1.38. The molecule has 3 aromatic carbocycles. The Kier molecular flexibility index (Phi) is 6.33. The standard InChI is InChI=1S/C27H24ClN3O4/c1-34-19-8-6-7-18(17-19)30-13-15-31(16-14-30)27(33)25-24(21-10-3-5-12-23(21)35-25)29-26(32)20-9-2-4-11-22(20)28/h2-12,17H,13-16H2,1H3,(H,29,32). The summed E-state index contributed by atoms with van der Waals surface area (Å²) >= 11 is 6.21. The normalized spacial score (nSPS) is 13.7. The number of nitrogens with one attached hydrogen (secondary N) is 1. The van der Waals surface area contributed by atoms with Gasteiger partial charge in [-0.05, 0) is 36.4 Å². The molecule has 178 valence electrons. The predicted molar refractivity (Wildman–Crippen MR) is 137 cm³/mol. The number of nitrogens with zero attached hydrogens (tertiary/aromatic N) is 2. The molecule has 4 aromatic rings. The number of hydrogen-bond donors (Lipinski definition) is 1. The van der Waals surface area contributed by atoms with Crippen LogP contribution in [0.15, 0.2) is 77.2 Å². The van der Waals surface area contributed by atoms with Gasteiger partial charge in [0.05, 0.1) is 17.7 Å². The van der Waals surface area contributed by atoms with Gasteiger partial charge in [0.2, 0.25) is 5.76 Å².